The van der Waals surface area contributed by atoms with E-state index in [9.17, 15) is 18.0 Å². The molecule has 5 heteroatoms. The number of hydrogen-bond donors (Lipinski definition) is 0. The maximum Gasteiger partial charge on any atom is 0.416 e. The van der Waals surface area contributed by atoms with E-state index >= 15 is 0 Å². The van der Waals surface area contributed by atoms with Crippen LogP contribution in [0, 0.1) is 5.92 Å². The smallest absolute Gasteiger partial charge is 0.339 e. The van der Waals surface area contributed by atoms with Gasteiger partial charge in [0, 0.05) is 13.1 Å². The van der Waals surface area contributed by atoms with Crippen molar-refractivity contribution in [2.45, 2.75) is 12.6 Å². The Balaban J connectivity index is 1.96. The molecule has 0 radical (unpaired) electrons. The second-order valence-electron chi connectivity index (χ2n) is 5.02. The summed E-state index contributed by atoms with van der Waals surface area (Å²) in [4.78, 5) is 13.2. The molecule has 0 spiro atoms. The van der Waals surface area contributed by atoms with Gasteiger partial charge in [0.05, 0.1) is 5.56 Å². The first-order chi connectivity index (χ1) is 9.90. The summed E-state index contributed by atoms with van der Waals surface area (Å²) in [5, 5.41) is 0. The monoisotopic (exact) mass is 295 g/mol. The van der Waals surface area contributed by atoms with Gasteiger partial charge in [0.25, 0.3) is 0 Å². The van der Waals surface area contributed by atoms with Gasteiger partial charge in [-0.2, -0.15) is 13.2 Å². The molecule has 2 nitrogen and oxygen atoms in total. The zero-order valence-electron chi connectivity index (χ0n) is 11.4. The van der Waals surface area contributed by atoms with Crippen LogP contribution in [-0.2, 0) is 11.0 Å². The van der Waals surface area contributed by atoms with Crippen LogP contribution in [0.15, 0.2) is 43.0 Å². The fraction of sp³-hybridized carbons (Fsp3) is 0.312. The molecule has 0 unspecified atom stereocenters. The van der Waals surface area contributed by atoms with Gasteiger partial charge in [-0.15, -0.1) is 0 Å². The molecule has 0 N–H and O–H groups in total. The lowest BCUT2D eigenvalue weighted by atomic mass is 10.1. The molecule has 1 atom stereocenters. The molecule has 1 fully saturated rings. The topological polar surface area (TPSA) is 20.3 Å². The number of carbonyl (C=O) groups excluding carboxylic acids is 1. The van der Waals surface area contributed by atoms with E-state index in [-0.39, 0.29) is 11.8 Å². The Morgan fingerprint density at radius 1 is 1.29 bits per heavy atom. The molecule has 2 rings (SSSR count). The van der Waals surface area contributed by atoms with E-state index in [0.717, 1.165) is 24.1 Å². The molecule has 1 heterocycles. The number of carbonyl (C=O) groups is 1. The predicted molar refractivity (Wildman–Crippen MR) is 75.4 cm³/mol. The molecule has 1 aromatic rings. The Morgan fingerprint density at radius 2 is 1.95 bits per heavy atom. The first kappa shape index (κ1) is 15.4. The maximum atomic E-state index is 12.4. The van der Waals surface area contributed by atoms with E-state index in [0.29, 0.717) is 13.1 Å². The van der Waals surface area contributed by atoms with Crippen molar-refractivity contribution in [2.75, 3.05) is 13.1 Å². The second kappa shape index (κ2) is 6.16. The molecule has 1 saturated heterocycles. The quantitative estimate of drug-likeness (QED) is 0.778. The first-order valence-electron chi connectivity index (χ1n) is 6.67. The Bertz CT molecular complexity index is 546. The van der Waals surface area contributed by atoms with Crippen molar-refractivity contribution in [3.63, 3.8) is 0 Å². The van der Waals surface area contributed by atoms with Gasteiger partial charge in [-0.25, -0.2) is 0 Å². The van der Waals surface area contributed by atoms with Gasteiger partial charge in [-0.05, 0) is 36.1 Å². The van der Waals surface area contributed by atoms with Crippen LogP contribution in [0.1, 0.15) is 17.5 Å². The molecule has 0 bridgehead atoms. The van der Waals surface area contributed by atoms with Crippen molar-refractivity contribution in [2.24, 2.45) is 5.92 Å². The zero-order chi connectivity index (χ0) is 15.5. The highest BCUT2D eigenvalue weighted by atomic mass is 19.4. The highest BCUT2D eigenvalue weighted by Gasteiger charge is 2.29. The van der Waals surface area contributed by atoms with Crippen LogP contribution in [0.4, 0.5) is 13.2 Å². The number of rotatable bonds is 3. The number of halogens is 3. The average molecular weight is 295 g/mol. The number of hydrogen-bond acceptors (Lipinski definition) is 1. The predicted octanol–water partition coefficient (Wildman–Crippen LogP) is 3.75. The lowest BCUT2D eigenvalue weighted by Gasteiger charge is -2.12. The Morgan fingerprint density at radius 3 is 2.52 bits per heavy atom. The van der Waals surface area contributed by atoms with Gasteiger partial charge in [0.15, 0.2) is 0 Å². The summed E-state index contributed by atoms with van der Waals surface area (Å²) in [6.07, 6.45) is 1.59. The summed E-state index contributed by atoms with van der Waals surface area (Å²) in [5.74, 6) is 0.150. The van der Waals surface area contributed by atoms with Gasteiger partial charge in [-0.1, -0.05) is 30.9 Å². The lowest BCUT2D eigenvalue weighted by molar-refractivity contribution is -0.137. The summed E-state index contributed by atoms with van der Waals surface area (Å²) < 4.78 is 37.3. The third-order valence-electron chi connectivity index (χ3n) is 3.51. The van der Waals surface area contributed by atoms with Crippen molar-refractivity contribution < 1.29 is 18.0 Å². The molecular weight excluding hydrogens is 279 g/mol. The third-order valence-corrected chi connectivity index (χ3v) is 3.51. The summed E-state index contributed by atoms with van der Waals surface area (Å²) in [5.41, 5.74) is 0.0692. The molecule has 1 aliphatic heterocycles. The van der Waals surface area contributed by atoms with Gasteiger partial charge in [0.2, 0.25) is 5.91 Å². The minimum atomic E-state index is -4.31. The number of benzene rings is 1. The second-order valence-corrected chi connectivity index (χ2v) is 5.02. The largest absolute Gasteiger partial charge is 0.416 e. The van der Waals surface area contributed by atoms with Gasteiger partial charge in [0.1, 0.15) is 0 Å². The van der Waals surface area contributed by atoms with Crippen molar-refractivity contribution in [3.05, 3.63) is 54.1 Å². The van der Waals surface area contributed by atoms with Crippen molar-refractivity contribution in [3.8, 4) is 0 Å². The zero-order valence-corrected chi connectivity index (χ0v) is 11.4. The summed E-state index contributed by atoms with van der Waals surface area (Å²) in [6, 6.07) is 5.03. The molecule has 112 valence electrons. The van der Waals surface area contributed by atoms with Crippen LogP contribution in [0.2, 0.25) is 0 Å². The fourth-order valence-corrected chi connectivity index (χ4v) is 2.30. The Kier molecular flexibility index (Phi) is 4.50. The van der Waals surface area contributed by atoms with Gasteiger partial charge in [-0.3, -0.25) is 4.79 Å². The minimum Gasteiger partial charge on any atom is -0.339 e. The van der Waals surface area contributed by atoms with Crippen molar-refractivity contribution in [1.29, 1.82) is 0 Å². The van der Waals surface area contributed by atoms with Crippen LogP contribution in [-0.4, -0.2) is 23.9 Å². The summed E-state index contributed by atoms with van der Waals surface area (Å²) in [7, 11) is 0. The minimum absolute atomic E-state index is 0.0829. The van der Waals surface area contributed by atoms with Crippen LogP contribution >= 0.6 is 0 Å². The van der Waals surface area contributed by atoms with Crippen molar-refractivity contribution in [1.82, 2.24) is 4.90 Å². The maximum absolute atomic E-state index is 12.4. The molecule has 1 amide bonds. The number of likely N-dealkylation sites (tertiary alicyclic amines) is 1. The average Bonchev–Trinajstić information content (AvgIpc) is 2.92. The number of nitrogens with zero attached hydrogens (tertiary/aromatic N) is 1. The molecule has 1 aromatic carbocycles. The van der Waals surface area contributed by atoms with Crippen LogP contribution in [0.3, 0.4) is 0 Å². The van der Waals surface area contributed by atoms with E-state index in [1.807, 2.05) is 6.08 Å². The third kappa shape index (κ3) is 3.97. The number of amides is 1. The lowest BCUT2D eigenvalue weighted by Crippen LogP contribution is -2.26. The fourth-order valence-electron chi connectivity index (χ4n) is 2.30. The van der Waals surface area contributed by atoms with Crippen LogP contribution < -0.4 is 0 Å². The van der Waals surface area contributed by atoms with E-state index in [1.54, 1.807) is 11.0 Å². The highest BCUT2D eigenvalue weighted by molar-refractivity contribution is 5.87. The van der Waals surface area contributed by atoms with Crippen LogP contribution in [0.25, 0.3) is 6.08 Å². The summed E-state index contributed by atoms with van der Waals surface area (Å²) >= 11 is 0. The standard InChI is InChI=1S/C16H16F3NO/c1-2-15(21)20-10-9-13(11-20)4-3-12-5-7-14(8-6-12)16(17,18)19/h2-8,13H,1,9-11H2/b4-3+/t13-/m0/s1. The molecule has 0 saturated carbocycles. The van der Waals surface area contributed by atoms with E-state index < -0.39 is 11.7 Å². The molecular formula is C16H16F3NO. The van der Waals surface area contributed by atoms with Crippen LogP contribution in [0.5, 0.6) is 0 Å². The molecule has 0 aromatic heterocycles. The Hall–Kier alpha value is -2.04. The summed E-state index contributed by atoms with van der Waals surface area (Å²) in [6.45, 7) is 4.77. The highest BCUT2D eigenvalue weighted by Crippen LogP contribution is 2.29. The normalized spacial score (nSPS) is 19.2. The number of alkyl halides is 3. The van der Waals surface area contributed by atoms with Gasteiger partial charge >= 0.3 is 6.18 Å². The van der Waals surface area contributed by atoms with E-state index in [4.69, 9.17) is 0 Å². The molecule has 1 aliphatic rings. The molecule has 0 aliphatic carbocycles. The van der Waals surface area contributed by atoms with Gasteiger partial charge < -0.3 is 4.90 Å². The Labute approximate surface area is 121 Å². The van der Waals surface area contributed by atoms with Crippen molar-refractivity contribution >= 4 is 12.0 Å². The first-order valence-corrected chi connectivity index (χ1v) is 6.67. The van der Waals surface area contributed by atoms with E-state index in [2.05, 4.69) is 6.58 Å². The van der Waals surface area contributed by atoms with E-state index in [1.165, 1.54) is 18.2 Å². The molecule has 21 heavy (non-hydrogen) atoms. The SMILES string of the molecule is C=CC(=O)N1CC[C@H](/C=C/c2ccc(C(F)(F)F)cc2)C1.